The van der Waals surface area contributed by atoms with Gasteiger partial charge in [-0.2, -0.15) is 0 Å². The first kappa shape index (κ1) is 25.7. The van der Waals surface area contributed by atoms with Crippen molar-refractivity contribution in [3.8, 4) is 11.1 Å². The number of rotatable bonds is 2. The zero-order valence-corrected chi connectivity index (χ0v) is 24.2. The van der Waals surface area contributed by atoms with E-state index in [0.29, 0.717) is 16.6 Å². The molecule has 1 aliphatic heterocycles. The van der Waals surface area contributed by atoms with Gasteiger partial charge in [0.2, 0.25) is 0 Å². The third-order valence-electron chi connectivity index (χ3n) is 9.51. The molecule has 0 fully saturated rings. The summed E-state index contributed by atoms with van der Waals surface area (Å²) in [6.07, 6.45) is 1.75. The van der Waals surface area contributed by atoms with Crippen molar-refractivity contribution in [2.75, 3.05) is 4.90 Å². The van der Waals surface area contributed by atoms with E-state index in [0.717, 1.165) is 28.2 Å². The highest BCUT2D eigenvalue weighted by molar-refractivity contribution is 6.43. The van der Waals surface area contributed by atoms with Gasteiger partial charge in [-0.25, -0.2) is 0 Å². The molecule has 6 aromatic rings. The fourth-order valence-electron chi connectivity index (χ4n) is 7.71. The van der Waals surface area contributed by atoms with E-state index in [4.69, 9.17) is 7.85 Å². The first-order valence-electron chi connectivity index (χ1n) is 15.1. The molecule has 0 atom stereocenters. The Bertz CT molecular complexity index is 2240. The van der Waals surface area contributed by atoms with Crippen LogP contribution in [-0.2, 0) is 5.41 Å². The molecule has 0 bridgehead atoms. The number of para-hydroxylation sites is 2. The number of Topliss-reactive ketones (excluding diaryl/α,β-unsaturated/α-hetero) is 2. The van der Waals surface area contributed by atoms with Crippen LogP contribution in [0, 0.1) is 0 Å². The predicted octanol–water partition coefficient (Wildman–Crippen LogP) is 8.09. The highest BCUT2D eigenvalue weighted by Crippen LogP contribution is 2.63. The molecule has 3 nitrogen and oxygen atoms in total. The lowest BCUT2D eigenvalue weighted by Crippen LogP contribution is -2.36. The van der Waals surface area contributed by atoms with Crippen LogP contribution < -0.4 is 10.4 Å². The van der Waals surface area contributed by atoms with Crippen LogP contribution in [0.5, 0.6) is 0 Å². The van der Waals surface area contributed by atoms with Crippen molar-refractivity contribution in [2.45, 2.75) is 5.41 Å². The lowest BCUT2D eigenvalue weighted by molar-refractivity contribution is 0.0990. The molecular formula is C41H24BNO2. The standard InChI is InChI=1S/C41H24BNO2/c42-26-19-20-30-31(24-26)40(45)32(39(30)44)22-25-18-21-38-36(23-25)41(33-14-6-4-12-28(33)29-13-5-7-15-34(29)41)35-16-8-9-17-37(35)43(38)27-10-2-1-3-11-27/h1-24H/b32-22-. The summed E-state index contributed by atoms with van der Waals surface area (Å²) in [6.45, 7) is 0. The normalized spacial score (nSPS) is 15.9. The van der Waals surface area contributed by atoms with Crippen LogP contribution in [0.2, 0.25) is 0 Å². The molecule has 3 aliphatic rings. The number of hydrogen-bond donors (Lipinski definition) is 0. The van der Waals surface area contributed by atoms with Gasteiger partial charge in [0.05, 0.1) is 22.4 Å². The lowest BCUT2D eigenvalue weighted by Gasteiger charge is -2.45. The van der Waals surface area contributed by atoms with Crippen molar-refractivity contribution < 1.29 is 9.59 Å². The van der Waals surface area contributed by atoms with Crippen LogP contribution in [0.25, 0.3) is 17.2 Å². The summed E-state index contributed by atoms with van der Waals surface area (Å²) < 4.78 is 0. The van der Waals surface area contributed by atoms with E-state index in [1.807, 2.05) is 12.1 Å². The van der Waals surface area contributed by atoms with E-state index in [1.165, 1.54) is 27.8 Å². The number of allylic oxidation sites excluding steroid dienone is 1. The second-order valence-electron chi connectivity index (χ2n) is 11.8. The van der Waals surface area contributed by atoms with Crippen LogP contribution in [0.4, 0.5) is 17.1 Å². The van der Waals surface area contributed by atoms with Gasteiger partial charge in [-0.15, -0.1) is 0 Å². The number of carbonyl (C=O) groups excluding carboxylic acids is 2. The van der Waals surface area contributed by atoms with Crippen LogP contribution >= 0.6 is 0 Å². The van der Waals surface area contributed by atoms with E-state index < -0.39 is 5.41 Å². The van der Waals surface area contributed by atoms with Crippen molar-refractivity contribution in [1.82, 2.24) is 0 Å². The summed E-state index contributed by atoms with van der Waals surface area (Å²) in [6, 6.07) is 47.6. The summed E-state index contributed by atoms with van der Waals surface area (Å²) in [5, 5.41) is 0. The third kappa shape index (κ3) is 3.42. The number of fused-ring (bicyclic) bond motifs is 10. The maximum atomic E-state index is 13.5. The smallest absolute Gasteiger partial charge is 0.197 e. The molecule has 1 spiro atoms. The Morgan fingerprint density at radius 1 is 0.511 bits per heavy atom. The number of benzene rings is 6. The molecule has 0 N–H and O–H groups in total. The van der Waals surface area contributed by atoms with Gasteiger partial charge in [0.25, 0.3) is 0 Å². The zero-order chi connectivity index (χ0) is 30.3. The Balaban J connectivity index is 1.35. The molecule has 208 valence electrons. The number of hydrogen-bond acceptors (Lipinski definition) is 3. The third-order valence-corrected chi connectivity index (χ3v) is 9.51. The van der Waals surface area contributed by atoms with E-state index in [1.54, 1.807) is 24.3 Å². The Labute approximate surface area is 262 Å². The molecule has 2 aliphatic carbocycles. The molecule has 45 heavy (non-hydrogen) atoms. The first-order chi connectivity index (χ1) is 22.1. The Morgan fingerprint density at radius 2 is 1.11 bits per heavy atom. The van der Waals surface area contributed by atoms with Gasteiger partial charge in [-0.05, 0) is 75.4 Å². The minimum atomic E-state index is -0.611. The van der Waals surface area contributed by atoms with Gasteiger partial charge in [-0.3, -0.25) is 9.59 Å². The average molecular weight is 573 g/mol. The molecule has 9 rings (SSSR count). The summed E-state index contributed by atoms with van der Waals surface area (Å²) in [7, 11) is 5.97. The van der Waals surface area contributed by atoms with Crippen molar-refractivity contribution >= 4 is 48.0 Å². The van der Waals surface area contributed by atoms with E-state index in [9.17, 15) is 9.59 Å². The Hall–Kier alpha value is -5.74. The summed E-state index contributed by atoms with van der Waals surface area (Å²) >= 11 is 0. The molecule has 0 aromatic heterocycles. The van der Waals surface area contributed by atoms with Crippen molar-refractivity contribution in [2.24, 2.45) is 0 Å². The van der Waals surface area contributed by atoms with Crippen LogP contribution in [-0.4, -0.2) is 19.4 Å². The van der Waals surface area contributed by atoms with Crippen molar-refractivity contribution in [3.05, 3.63) is 184 Å². The topological polar surface area (TPSA) is 37.4 Å². The number of carbonyl (C=O) groups is 2. The van der Waals surface area contributed by atoms with Gasteiger partial charge in [0, 0.05) is 16.8 Å². The van der Waals surface area contributed by atoms with E-state index in [2.05, 4.69) is 114 Å². The Kier molecular flexibility index (Phi) is 5.36. The predicted molar refractivity (Wildman–Crippen MR) is 180 cm³/mol. The maximum Gasteiger partial charge on any atom is 0.197 e. The van der Waals surface area contributed by atoms with Crippen LogP contribution in [0.3, 0.4) is 0 Å². The molecule has 0 saturated heterocycles. The van der Waals surface area contributed by atoms with Gasteiger partial charge in [0.1, 0.15) is 7.85 Å². The fourth-order valence-corrected chi connectivity index (χ4v) is 7.71. The highest BCUT2D eigenvalue weighted by Gasteiger charge is 2.51. The SMILES string of the molecule is [B]c1ccc2c(c1)C(=O)/C(=C\c1ccc3c(c1)C1(c4ccccc4-c4ccccc41)c1ccccc1N3c1ccccc1)C2=O. The first-order valence-corrected chi connectivity index (χ1v) is 15.1. The Morgan fingerprint density at radius 3 is 1.84 bits per heavy atom. The van der Waals surface area contributed by atoms with Crippen molar-refractivity contribution in [3.63, 3.8) is 0 Å². The van der Waals surface area contributed by atoms with E-state index >= 15 is 0 Å². The molecular weight excluding hydrogens is 549 g/mol. The summed E-state index contributed by atoms with van der Waals surface area (Å²) in [5.74, 6) is -0.558. The molecule has 0 unspecified atom stereocenters. The molecule has 4 heteroatoms. The van der Waals surface area contributed by atoms with Gasteiger partial charge in [-0.1, -0.05) is 115 Å². The van der Waals surface area contributed by atoms with Crippen molar-refractivity contribution in [1.29, 1.82) is 0 Å². The van der Waals surface area contributed by atoms with Crippen LogP contribution in [0.15, 0.2) is 145 Å². The molecule has 0 amide bonds. The fraction of sp³-hybridized carbons (Fsp3) is 0.0244. The quantitative estimate of drug-likeness (QED) is 0.119. The summed E-state index contributed by atoms with van der Waals surface area (Å²) in [5.41, 5.74) is 11.9. The summed E-state index contributed by atoms with van der Waals surface area (Å²) in [4.78, 5) is 29.2. The second kappa shape index (κ2) is 9.38. The maximum absolute atomic E-state index is 13.5. The number of ketones is 2. The number of nitrogens with zero attached hydrogens (tertiary/aromatic N) is 1. The second-order valence-corrected chi connectivity index (χ2v) is 11.8. The molecule has 6 aromatic carbocycles. The molecule has 1 heterocycles. The number of anilines is 3. The van der Waals surface area contributed by atoms with Gasteiger partial charge < -0.3 is 4.90 Å². The molecule has 2 radical (unpaired) electrons. The molecule has 0 saturated carbocycles. The monoisotopic (exact) mass is 573 g/mol. The average Bonchev–Trinajstić information content (AvgIpc) is 3.50. The minimum Gasteiger partial charge on any atom is -0.310 e. The van der Waals surface area contributed by atoms with Gasteiger partial charge in [0.15, 0.2) is 11.6 Å². The highest BCUT2D eigenvalue weighted by atomic mass is 16.2. The zero-order valence-electron chi connectivity index (χ0n) is 24.2. The van der Waals surface area contributed by atoms with Crippen LogP contribution in [0.1, 0.15) is 48.5 Å². The van der Waals surface area contributed by atoms with E-state index in [-0.39, 0.29) is 17.1 Å². The minimum absolute atomic E-state index is 0.160. The lowest BCUT2D eigenvalue weighted by atomic mass is 9.64. The largest absolute Gasteiger partial charge is 0.310 e. The van der Waals surface area contributed by atoms with Gasteiger partial charge >= 0.3 is 0 Å².